The number of hydrogen-bond acceptors (Lipinski definition) is 3. The van der Waals surface area contributed by atoms with Crippen molar-refractivity contribution in [2.75, 3.05) is 0 Å². The molecular formula is C17H11N3O. The molecule has 0 bridgehead atoms. The first-order valence-corrected chi connectivity index (χ1v) is 6.65. The summed E-state index contributed by atoms with van der Waals surface area (Å²) in [6.45, 7) is 0. The summed E-state index contributed by atoms with van der Waals surface area (Å²) in [7, 11) is 0. The monoisotopic (exact) mass is 273 g/mol. The topological polar surface area (TPSA) is 50.8 Å². The molecule has 1 aliphatic rings. The zero-order valence-electron chi connectivity index (χ0n) is 11.1. The van der Waals surface area contributed by atoms with Gasteiger partial charge >= 0.3 is 0 Å². The average Bonchev–Trinajstić information content (AvgIpc) is 3.11. The molecule has 0 fully saturated rings. The number of hydrogen-bond donors (Lipinski definition) is 0. The molecule has 4 rings (SSSR count). The third-order valence-electron chi connectivity index (χ3n) is 3.63. The van der Waals surface area contributed by atoms with Crippen LogP contribution in [0.3, 0.4) is 0 Å². The van der Waals surface area contributed by atoms with Crippen LogP contribution in [0, 0.1) is 11.3 Å². The van der Waals surface area contributed by atoms with Gasteiger partial charge in [0.1, 0.15) is 5.75 Å². The molecule has 4 heteroatoms. The summed E-state index contributed by atoms with van der Waals surface area (Å²) >= 11 is 0. The van der Waals surface area contributed by atoms with E-state index >= 15 is 0 Å². The number of fused-ring (bicyclic) bond motifs is 3. The van der Waals surface area contributed by atoms with Crippen molar-refractivity contribution < 1.29 is 4.74 Å². The Morgan fingerprint density at radius 1 is 1.14 bits per heavy atom. The summed E-state index contributed by atoms with van der Waals surface area (Å²) in [6, 6.07) is 17.4. The van der Waals surface area contributed by atoms with E-state index < -0.39 is 0 Å². The molecule has 0 saturated heterocycles. The number of para-hydroxylation sites is 1. The van der Waals surface area contributed by atoms with Gasteiger partial charge in [-0.05, 0) is 24.3 Å². The Balaban J connectivity index is 1.77. The first-order valence-electron chi connectivity index (χ1n) is 6.65. The predicted octanol–water partition coefficient (Wildman–Crippen LogP) is 3.23. The lowest BCUT2D eigenvalue weighted by Crippen LogP contribution is -2.06. The van der Waals surface area contributed by atoms with Crippen LogP contribution in [0.5, 0.6) is 5.75 Å². The highest BCUT2D eigenvalue weighted by Crippen LogP contribution is 2.38. The van der Waals surface area contributed by atoms with Crippen LogP contribution in [0.1, 0.15) is 22.9 Å². The van der Waals surface area contributed by atoms with Crippen molar-refractivity contribution in [3.8, 4) is 17.5 Å². The fourth-order valence-corrected chi connectivity index (χ4v) is 2.69. The number of aromatic nitrogens is 2. The van der Waals surface area contributed by atoms with Crippen LogP contribution >= 0.6 is 0 Å². The zero-order valence-corrected chi connectivity index (χ0v) is 11.1. The lowest BCUT2D eigenvalue weighted by atomic mass is 10.1. The largest absolute Gasteiger partial charge is 0.479 e. The minimum absolute atomic E-state index is 0.197. The number of benzene rings is 2. The van der Waals surface area contributed by atoms with Gasteiger partial charge in [-0.2, -0.15) is 5.26 Å². The van der Waals surface area contributed by atoms with Gasteiger partial charge in [0.25, 0.3) is 0 Å². The molecule has 1 aromatic heterocycles. The molecule has 1 aliphatic heterocycles. The maximum absolute atomic E-state index is 8.99. The highest BCUT2D eigenvalue weighted by Gasteiger charge is 2.30. The van der Waals surface area contributed by atoms with Crippen molar-refractivity contribution in [2.24, 2.45) is 0 Å². The van der Waals surface area contributed by atoms with E-state index in [2.05, 4.69) is 23.2 Å². The lowest BCUT2D eigenvalue weighted by molar-refractivity contribution is 0.248. The molecule has 4 nitrogen and oxygen atoms in total. The van der Waals surface area contributed by atoms with Gasteiger partial charge in [0.15, 0.2) is 6.10 Å². The van der Waals surface area contributed by atoms with E-state index in [-0.39, 0.29) is 6.10 Å². The molecule has 0 amide bonds. The van der Waals surface area contributed by atoms with E-state index in [1.54, 1.807) is 18.5 Å². The third kappa shape index (κ3) is 1.79. The molecule has 1 atom stereocenters. The van der Waals surface area contributed by atoms with E-state index in [9.17, 15) is 0 Å². The third-order valence-corrected chi connectivity index (χ3v) is 3.63. The number of nitriles is 1. The SMILES string of the molecule is N#Cc1cccc(OC2c3ccccc3-n3cncc32)c1. The Kier molecular flexibility index (Phi) is 2.51. The number of ether oxygens (including phenoxy) is 1. The second kappa shape index (κ2) is 4.50. The van der Waals surface area contributed by atoms with Crippen molar-refractivity contribution in [1.82, 2.24) is 9.55 Å². The number of rotatable bonds is 2. The van der Waals surface area contributed by atoms with E-state index in [1.807, 2.05) is 35.0 Å². The van der Waals surface area contributed by atoms with Gasteiger partial charge in [0.2, 0.25) is 0 Å². The van der Waals surface area contributed by atoms with Gasteiger partial charge in [-0.15, -0.1) is 0 Å². The highest BCUT2D eigenvalue weighted by molar-refractivity contribution is 5.52. The fourth-order valence-electron chi connectivity index (χ4n) is 2.69. The maximum atomic E-state index is 8.99. The predicted molar refractivity (Wildman–Crippen MR) is 77.2 cm³/mol. The zero-order chi connectivity index (χ0) is 14.2. The normalized spacial score (nSPS) is 15.1. The molecule has 0 N–H and O–H groups in total. The highest BCUT2D eigenvalue weighted by atomic mass is 16.5. The van der Waals surface area contributed by atoms with Crippen LogP contribution in [0.25, 0.3) is 5.69 Å². The molecule has 2 aromatic carbocycles. The number of nitrogens with zero attached hydrogens (tertiary/aromatic N) is 3. The Hall–Kier alpha value is -3.06. The van der Waals surface area contributed by atoms with Crippen molar-refractivity contribution in [3.63, 3.8) is 0 Å². The summed E-state index contributed by atoms with van der Waals surface area (Å²) in [5.41, 5.74) is 3.79. The van der Waals surface area contributed by atoms with Crippen LogP contribution < -0.4 is 4.74 Å². The Labute approximate surface area is 121 Å². The minimum atomic E-state index is -0.197. The van der Waals surface area contributed by atoms with Crippen LogP contribution in [0.4, 0.5) is 0 Å². The first-order chi connectivity index (χ1) is 10.4. The molecule has 3 aromatic rings. The van der Waals surface area contributed by atoms with Gasteiger partial charge in [0, 0.05) is 5.56 Å². The van der Waals surface area contributed by atoms with Gasteiger partial charge in [0.05, 0.1) is 35.5 Å². The molecular weight excluding hydrogens is 262 g/mol. The first kappa shape index (κ1) is 11.7. The quantitative estimate of drug-likeness (QED) is 0.720. The van der Waals surface area contributed by atoms with Crippen molar-refractivity contribution >= 4 is 0 Å². The van der Waals surface area contributed by atoms with Gasteiger partial charge in [-0.1, -0.05) is 24.3 Å². The molecule has 1 unspecified atom stereocenters. The molecule has 100 valence electrons. The standard InChI is InChI=1S/C17H11N3O/c18-9-12-4-3-5-13(8-12)21-17-14-6-1-2-7-15(14)20-11-19-10-16(17)20/h1-8,10-11,17H. The van der Waals surface area contributed by atoms with E-state index in [4.69, 9.17) is 10.00 Å². The summed E-state index contributed by atoms with van der Waals surface area (Å²) in [4.78, 5) is 4.20. The van der Waals surface area contributed by atoms with Crippen molar-refractivity contribution in [3.05, 3.63) is 77.9 Å². The van der Waals surface area contributed by atoms with Gasteiger partial charge in [-0.25, -0.2) is 4.98 Å². The summed E-state index contributed by atoms with van der Waals surface area (Å²) < 4.78 is 8.15. The summed E-state index contributed by atoms with van der Waals surface area (Å²) in [6.07, 6.45) is 3.42. The fraction of sp³-hybridized carbons (Fsp3) is 0.0588. The second-order valence-corrected chi connectivity index (χ2v) is 4.88. The van der Waals surface area contributed by atoms with Crippen LogP contribution in [0.15, 0.2) is 61.1 Å². The van der Waals surface area contributed by atoms with Crippen molar-refractivity contribution in [1.29, 1.82) is 5.26 Å². The maximum Gasteiger partial charge on any atom is 0.168 e. The molecule has 0 aliphatic carbocycles. The summed E-state index contributed by atoms with van der Waals surface area (Å²) in [5, 5.41) is 8.99. The van der Waals surface area contributed by atoms with E-state index in [0.29, 0.717) is 11.3 Å². The second-order valence-electron chi connectivity index (χ2n) is 4.88. The van der Waals surface area contributed by atoms with E-state index in [0.717, 1.165) is 16.9 Å². The van der Waals surface area contributed by atoms with Crippen LogP contribution in [-0.4, -0.2) is 9.55 Å². The molecule has 0 saturated carbocycles. The Bertz CT molecular complexity index is 860. The van der Waals surface area contributed by atoms with Gasteiger partial charge < -0.3 is 4.74 Å². The van der Waals surface area contributed by atoms with Crippen LogP contribution in [0.2, 0.25) is 0 Å². The summed E-state index contributed by atoms with van der Waals surface area (Å²) in [5.74, 6) is 0.684. The van der Waals surface area contributed by atoms with E-state index in [1.165, 1.54) is 0 Å². The Morgan fingerprint density at radius 3 is 2.95 bits per heavy atom. The van der Waals surface area contributed by atoms with Crippen LogP contribution in [-0.2, 0) is 0 Å². The minimum Gasteiger partial charge on any atom is -0.479 e. The van der Waals surface area contributed by atoms with Crippen molar-refractivity contribution in [2.45, 2.75) is 6.10 Å². The number of imidazole rings is 1. The Morgan fingerprint density at radius 2 is 2.05 bits per heavy atom. The van der Waals surface area contributed by atoms with Gasteiger partial charge in [-0.3, -0.25) is 4.57 Å². The molecule has 2 heterocycles. The average molecular weight is 273 g/mol. The molecule has 0 radical (unpaired) electrons. The smallest absolute Gasteiger partial charge is 0.168 e. The lowest BCUT2D eigenvalue weighted by Gasteiger charge is -2.14. The molecule has 21 heavy (non-hydrogen) atoms. The molecule has 0 spiro atoms.